The number of thiocarbonyl (C=S) groups is 1. The van der Waals surface area contributed by atoms with E-state index in [1.54, 1.807) is 54.6 Å². The molecule has 3 aromatic rings. The Kier molecular flexibility index (Phi) is 8.01. The van der Waals surface area contributed by atoms with Gasteiger partial charge in [-0.25, -0.2) is 0 Å². The zero-order valence-electron chi connectivity index (χ0n) is 18.4. The summed E-state index contributed by atoms with van der Waals surface area (Å²) in [5.41, 5.74) is 3.89. The number of carbonyl (C=O) groups excluding carboxylic acids is 2. The summed E-state index contributed by atoms with van der Waals surface area (Å²) in [5.74, 6) is -1.14. The summed E-state index contributed by atoms with van der Waals surface area (Å²) in [6.07, 6.45) is 1.49. The molecule has 1 aliphatic heterocycles. The molecule has 0 bridgehead atoms. The van der Waals surface area contributed by atoms with Crippen molar-refractivity contribution in [2.45, 2.75) is 16.7 Å². The van der Waals surface area contributed by atoms with E-state index in [0.717, 1.165) is 27.2 Å². The van der Waals surface area contributed by atoms with E-state index in [4.69, 9.17) is 35.4 Å². The number of carbonyl (C=O) groups is 2. The predicted molar refractivity (Wildman–Crippen MR) is 147 cm³/mol. The van der Waals surface area contributed by atoms with Gasteiger partial charge in [-0.2, -0.15) is 5.01 Å². The van der Waals surface area contributed by atoms with Gasteiger partial charge in [-0.1, -0.05) is 58.9 Å². The molecule has 4 rings (SSSR count). The molecule has 1 saturated heterocycles. The quantitative estimate of drug-likeness (QED) is 0.148. The van der Waals surface area contributed by atoms with Crippen molar-refractivity contribution in [3.63, 3.8) is 0 Å². The second-order valence-corrected chi connectivity index (χ2v) is 11.1. The topological polar surface area (TPSA) is 92.6 Å². The van der Waals surface area contributed by atoms with Crippen LogP contribution in [0.4, 0.5) is 5.69 Å². The van der Waals surface area contributed by atoms with Crippen LogP contribution in [-0.4, -0.2) is 26.1 Å². The number of amides is 2. The average molecular weight is 577 g/mol. The van der Waals surface area contributed by atoms with E-state index >= 15 is 0 Å². The Bertz CT molecular complexity index is 1450. The first-order valence-electron chi connectivity index (χ1n) is 10.2. The largest absolute Gasteiger partial charge is 0.285 e. The van der Waals surface area contributed by atoms with Crippen LogP contribution in [0.1, 0.15) is 21.5 Å². The molecule has 12 heteroatoms. The van der Waals surface area contributed by atoms with Gasteiger partial charge in [0.15, 0.2) is 4.32 Å². The van der Waals surface area contributed by atoms with Gasteiger partial charge in [0, 0.05) is 16.0 Å². The first-order valence-corrected chi connectivity index (χ1v) is 13.0. The minimum atomic E-state index is -0.586. The van der Waals surface area contributed by atoms with E-state index in [2.05, 4.69) is 5.43 Å². The van der Waals surface area contributed by atoms with Gasteiger partial charge in [-0.05, 0) is 78.8 Å². The number of hydrazine groups is 1. The third-order valence-electron chi connectivity index (χ3n) is 4.90. The van der Waals surface area contributed by atoms with Crippen LogP contribution in [0.5, 0.6) is 0 Å². The predicted octanol–water partition coefficient (Wildman–Crippen LogP) is 6.91. The standard InChI is InChI=1S/C24H15Cl2N3O4S3/c1-13-2-8-17(18(26)10-13)22(30)27-28-23(31)21(36-24(28)34)12-14-3-9-20(19(11-14)29(32)33)35-16-6-4-15(25)5-7-16/h2-12H,1H3,(H,27,30)/b21-12-. The fourth-order valence-corrected chi connectivity index (χ4v) is 5.69. The molecule has 3 aromatic carbocycles. The number of nitrogens with zero attached hydrogens (tertiary/aromatic N) is 2. The van der Waals surface area contributed by atoms with Gasteiger partial charge in [0.1, 0.15) is 0 Å². The number of benzene rings is 3. The van der Waals surface area contributed by atoms with Crippen LogP contribution in [0, 0.1) is 17.0 Å². The highest BCUT2D eigenvalue weighted by atomic mass is 35.5. The van der Waals surface area contributed by atoms with Gasteiger partial charge in [-0.3, -0.25) is 25.1 Å². The number of hydrogen-bond donors (Lipinski definition) is 1. The summed E-state index contributed by atoms with van der Waals surface area (Å²) in [6.45, 7) is 1.84. The second-order valence-electron chi connectivity index (χ2n) is 7.48. The van der Waals surface area contributed by atoms with Gasteiger partial charge in [0.25, 0.3) is 17.5 Å². The van der Waals surface area contributed by atoms with Gasteiger partial charge in [0.2, 0.25) is 0 Å². The van der Waals surface area contributed by atoms with Crippen LogP contribution in [0.3, 0.4) is 0 Å². The molecule has 1 N–H and O–H groups in total. The Morgan fingerprint density at radius 3 is 2.53 bits per heavy atom. The van der Waals surface area contributed by atoms with Crippen LogP contribution in [-0.2, 0) is 4.79 Å². The number of thioether (sulfide) groups is 1. The molecule has 36 heavy (non-hydrogen) atoms. The molecule has 0 unspecified atom stereocenters. The van der Waals surface area contributed by atoms with E-state index in [1.807, 2.05) is 6.92 Å². The highest BCUT2D eigenvalue weighted by molar-refractivity contribution is 8.26. The van der Waals surface area contributed by atoms with E-state index in [1.165, 1.54) is 23.9 Å². The van der Waals surface area contributed by atoms with Crippen LogP contribution in [0.25, 0.3) is 6.08 Å². The lowest BCUT2D eigenvalue weighted by Gasteiger charge is -2.16. The maximum Gasteiger partial charge on any atom is 0.285 e. The lowest BCUT2D eigenvalue weighted by molar-refractivity contribution is -0.387. The molecule has 1 heterocycles. The number of halogens is 2. The monoisotopic (exact) mass is 575 g/mol. The number of nitro groups is 1. The van der Waals surface area contributed by atoms with Gasteiger partial charge < -0.3 is 0 Å². The van der Waals surface area contributed by atoms with Crippen molar-refractivity contribution >= 4 is 86.8 Å². The van der Waals surface area contributed by atoms with E-state index in [0.29, 0.717) is 15.5 Å². The second kappa shape index (κ2) is 11.0. The summed E-state index contributed by atoms with van der Waals surface area (Å²) in [7, 11) is 0. The maximum absolute atomic E-state index is 12.9. The Balaban J connectivity index is 1.55. The molecule has 1 aliphatic rings. The minimum absolute atomic E-state index is 0.110. The molecule has 0 aliphatic carbocycles. The maximum atomic E-state index is 12.9. The summed E-state index contributed by atoms with van der Waals surface area (Å²) in [4.78, 5) is 38.3. The molecule has 0 radical (unpaired) electrons. The van der Waals surface area contributed by atoms with Crippen LogP contribution in [0.15, 0.2) is 75.4 Å². The molecule has 7 nitrogen and oxygen atoms in total. The Morgan fingerprint density at radius 2 is 1.86 bits per heavy atom. The molecule has 2 amide bonds. The van der Waals surface area contributed by atoms with Crippen molar-refractivity contribution in [3.05, 3.63) is 102 Å². The highest BCUT2D eigenvalue weighted by Crippen LogP contribution is 2.37. The van der Waals surface area contributed by atoms with Crippen molar-refractivity contribution < 1.29 is 14.5 Å². The lowest BCUT2D eigenvalue weighted by Crippen LogP contribution is -2.44. The first-order chi connectivity index (χ1) is 17.1. The highest BCUT2D eigenvalue weighted by Gasteiger charge is 2.34. The van der Waals surface area contributed by atoms with Gasteiger partial charge >= 0.3 is 0 Å². The molecule has 0 spiro atoms. The summed E-state index contributed by atoms with van der Waals surface area (Å²) >= 11 is 19.5. The summed E-state index contributed by atoms with van der Waals surface area (Å²) in [6, 6.07) is 16.6. The molecule has 0 aromatic heterocycles. The number of nitrogens with one attached hydrogen (secondary N) is 1. The zero-order chi connectivity index (χ0) is 26.0. The fraction of sp³-hybridized carbons (Fsp3) is 0.0417. The molecule has 1 fully saturated rings. The number of aryl methyl sites for hydroxylation is 1. The third kappa shape index (κ3) is 5.91. The number of rotatable bonds is 6. The van der Waals surface area contributed by atoms with Crippen molar-refractivity contribution in [2.24, 2.45) is 0 Å². The SMILES string of the molecule is Cc1ccc(C(=O)NN2C(=O)/C(=C/c3ccc(Sc4ccc(Cl)cc4)c([N+](=O)[O-])c3)SC2=S)c(Cl)c1. The zero-order valence-corrected chi connectivity index (χ0v) is 22.3. The van der Waals surface area contributed by atoms with Gasteiger partial charge in [-0.15, -0.1) is 0 Å². The molecular weight excluding hydrogens is 561 g/mol. The molecule has 182 valence electrons. The minimum Gasteiger partial charge on any atom is -0.267 e. The van der Waals surface area contributed by atoms with E-state index < -0.39 is 16.7 Å². The first kappa shape index (κ1) is 26.2. The van der Waals surface area contributed by atoms with E-state index in [-0.39, 0.29) is 25.5 Å². The molecular formula is C24H15Cl2N3O4S3. The number of hydrogen-bond acceptors (Lipinski definition) is 7. The Morgan fingerprint density at radius 1 is 1.14 bits per heavy atom. The van der Waals surface area contributed by atoms with Crippen molar-refractivity contribution in [3.8, 4) is 0 Å². The van der Waals surface area contributed by atoms with Crippen LogP contribution >= 0.6 is 58.9 Å². The Hall–Kier alpha value is -2.89. The average Bonchev–Trinajstić information content (AvgIpc) is 3.08. The van der Waals surface area contributed by atoms with Crippen molar-refractivity contribution in [1.29, 1.82) is 0 Å². The van der Waals surface area contributed by atoms with Crippen molar-refractivity contribution in [1.82, 2.24) is 10.4 Å². The van der Waals surface area contributed by atoms with Crippen LogP contribution in [0.2, 0.25) is 10.0 Å². The summed E-state index contributed by atoms with van der Waals surface area (Å²) < 4.78 is 0.118. The van der Waals surface area contributed by atoms with E-state index in [9.17, 15) is 19.7 Å². The Labute approximate surface area is 230 Å². The summed E-state index contributed by atoms with van der Waals surface area (Å²) in [5, 5.41) is 13.5. The number of nitro benzene ring substituents is 1. The normalized spacial score (nSPS) is 14.4. The molecule has 0 atom stereocenters. The van der Waals surface area contributed by atoms with Crippen LogP contribution < -0.4 is 5.43 Å². The molecule has 0 saturated carbocycles. The van der Waals surface area contributed by atoms with Gasteiger partial charge in [0.05, 0.1) is 25.3 Å². The smallest absolute Gasteiger partial charge is 0.267 e. The fourth-order valence-electron chi connectivity index (χ4n) is 3.16. The third-order valence-corrected chi connectivity index (χ3v) is 7.84. The van der Waals surface area contributed by atoms with Crippen molar-refractivity contribution in [2.75, 3.05) is 0 Å². The lowest BCUT2D eigenvalue weighted by atomic mass is 10.1.